The number of thiazole rings is 1. The van der Waals surface area contributed by atoms with E-state index in [1.165, 1.54) is 21.7 Å². The van der Waals surface area contributed by atoms with E-state index < -0.39 is 46.4 Å². The van der Waals surface area contributed by atoms with E-state index in [0.29, 0.717) is 18.5 Å². The van der Waals surface area contributed by atoms with Crippen LogP contribution in [0.2, 0.25) is 0 Å². The van der Waals surface area contributed by atoms with Crippen molar-refractivity contribution in [2.75, 3.05) is 17.2 Å². The smallest absolute Gasteiger partial charge is 0.352 e. The van der Waals surface area contributed by atoms with Crippen LogP contribution in [0.25, 0.3) is 0 Å². The molecule has 2 aromatic rings. The van der Waals surface area contributed by atoms with Crippen molar-refractivity contribution in [1.82, 2.24) is 30.0 Å². The number of unbranched alkanes of at least 4 members (excludes halogenated alkanes) is 1. The molecule has 1 saturated heterocycles. The summed E-state index contributed by atoms with van der Waals surface area (Å²) >= 11 is 3.36. The maximum absolute atomic E-state index is 12.9. The summed E-state index contributed by atoms with van der Waals surface area (Å²) in [4.78, 5) is 55.0. The highest BCUT2D eigenvalue weighted by atomic mass is 32.2. The number of carboxylic acid groups (broad SMARTS) is 1. The largest absolute Gasteiger partial charge is 0.488 e. The van der Waals surface area contributed by atoms with Crippen LogP contribution in [-0.4, -0.2) is 86.5 Å². The first-order valence-electron chi connectivity index (χ1n) is 11.1. The Morgan fingerprint density at radius 3 is 2.74 bits per heavy atom. The van der Waals surface area contributed by atoms with E-state index in [4.69, 9.17) is 5.73 Å². The molecule has 1 unspecified atom stereocenters. The van der Waals surface area contributed by atoms with Crippen molar-refractivity contribution < 1.29 is 29.8 Å². The molecular weight excluding hydrogens is 560 g/mol. The quantitative estimate of drug-likeness (QED) is 0.0811. The highest BCUT2D eigenvalue weighted by Crippen LogP contribution is 2.41. The zero-order chi connectivity index (χ0) is 27.6. The molecule has 38 heavy (non-hydrogen) atoms. The Kier molecular flexibility index (Phi) is 8.22. The van der Waals surface area contributed by atoms with Crippen molar-refractivity contribution in [3.05, 3.63) is 32.7 Å². The second-order valence-electron chi connectivity index (χ2n) is 8.04. The van der Waals surface area contributed by atoms with Gasteiger partial charge in [-0.05, 0) is 12.0 Å². The molecule has 6 N–H and O–H groups in total. The lowest BCUT2D eigenvalue weighted by Gasteiger charge is -2.49. The van der Waals surface area contributed by atoms with Gasteiger partial charge in [0.2, 0.25) is 0 Å². The predicted molar refractivity (Wildman–Crippen MR) is 138 cm³/mol. The van der Waals surface area contributed by atoms with Crippen molar-refractivity contribution >= 4 is 63.5 Å². The monoisotopic (exact) mass is 582 g/mol. The van der Waals surface area contributed by atoms with Crippen LogP contribution in [0.1, 0.15) is 25.5 Å². The summed E-state index contributed by atoms with van der Waals surface area (Å²) in [7, 11) is 0. The third-order valence-electron chi connectivity index (χ3n) is 5.62. The number of aromatic nitrogens is 4. The molecule has 18 heteroatoms. The number of nitrogens with zero attached hydrogens (tertiary/aromatic N) is 6. The van der Waals surface area contributed by atoms with Crippen LogP contribution in [0.4, 0.5) is 5.13 Å². The molecule has 2 aromatic heterocycles. The first-order valence-corrected chi connectivity index (χ1v) is 14.0. The zero-order valence-corrected chi connectivity index (χ0v) is 22.2. The number of hydrogen-bond acceptors (Lipinski definition) is 14. The third-order valence-corrected chi connectivity index (χ3v) is 8.69. The van der Waals surface area contributed by atoms with Crippen LogP contribution in [0.3, 0.4) is 0 Å². The minimum atomic E-state index is -1.32. The number of carbonyl (C=O) groups is 3. The molecule has 0 aromatic carbocycles. The van der Waals surface area contributed by atoms with E-state index in [-0.39, 0.29) is 33.2 Å². The number of nitrogen functional groups attached to an aromatic ring is 1. The van der Waals surface area contributed by atoms with Crippen molar-refractivity contribution in [2.24, 2.45) is 5.16 Å². The highest BCUT2D eigenvalue weighted by molar-refractivity contribution is 8.01. The first-order chi connectivity index (χ1) is 18.2. The number of carbonyl (C=O) groups excluding carboxylic acids is 2. The van der Waals surface area contributed by atoms with Crippen LogP contribution in [-0.2, 0) is 20.9 Å². The molecule has 0 spiro atoms. The Morgan fingerprint density at radius 1 is 1.34 bits per heavy atom. The molecular formula is C20H22N8O7S3. The van der Waals surface area contributed by atoms with E-state index in [1.807, 2.05) is 6.92 Å². The minimum Gasteiger partial charge on any atom is -0.488 e. The topological polar surface area (TPSA) is 226 Å². The number of amides is 2. The van der Waals surface area contributed by atoms with Crippen molar-refractivity contribution in [3.8, 4) is 5.88 Å². The Labute approximate surface area is 226 Å². The summed E-state index contributed by atoms with van der Waals surface area (Å²) in [6.45, 7) is 2.25. The average Bonchev–Trinajstić information content (AvgIpc) is 3.32. The lowest BCUT2D eigenvalue weighted by molar-refractivity contribution is -0.150. The van der Waals surface area contributed by atoms with Gasteiger partial charge in [-0.2, -0.15) is 0 Å². The van der Waals surface area contributed by atoms with Gasteiger partial charge in [0.05, 0.1) is 0 Å². The first kappa shape index (κ1) is 27.4. The number of rotatable bonds is 10. The Balaban J connectivity index is 1.50. The fourth-order valence-electron chi connectivity index (χ4n) is 3.78. The zero-order valence-electron chi connectivity index (χ0n) is 19.7. The van der Waals surface area contributed by atoms with E-state index in [9.17, 15) is 34.6 Å². The fraction of sp³-hybridized carbons (Fsp3) is 0.400. The van der Waals surface area contributed by atoms with Gasteiger partial charge < -0.3 is 26.5 Å². The molecule has 2 amide bonds. The van der Waals surface area contributed by atoms with Gasteiger partial charge in [-0.1, -0.05) is 30.3 Å². The normalized spacial score (nSPS) is 19.2. The molecule has 202 valence electrons. The summed E-state index contributed by atoms with van der Waals surface area (Å²) in [5.74, 6) is -3.23. The fourth-order valence-corrected chi connectivity index (χ4v) is 6.77. The Hall–Kier alpha value is -3.64. The predicted octanol–water partition coefficient (Wildman–Crippen LogP) is -0.108. The van der Waals surface area contributed by atoms with E-state index in [0.717, 1.165) is 34.4 Å². The summed E-state index contributed by atoms with van der Waals surface area (Å²) < 4.78 is 1.28. The van der Waals surface area contributed by atoms with Gasteiger partial charge in [-0.15, -0.1) is 33.3 Å². The molecule has 0 radical (unpaired) electrons. The Morgan fingerprint density at radius 2 is 2.11 bits per heavy atom. The van der Waals surface area contributed by atoms with Crippen LogP contribution < -0.4 is 16.6 Å². The molecule has 0 bridgehead atoms. The van der Waals surface area contributed by atoms with Gasteiger partial charge in [-0.25, -0.2) is 9.78 Å². The minimum absolute atomic E-state index is 0.0348. The standard InChI is InChI=1S/C20H22N8O7S3/c1-2-3-4-27-16(32)14(30)24-25-20(27)38-6-8-5-36-17-11(15(31)28(17)12(8)18(33)34)23-13(29)10(26-35)9-7-37-19(21)22-9/h7,11,17,35H,2-6H2,1H3,(H2,21,22)(H,23,29)(H,24,30)(H,33,34)/t11?,17-/m0/s1. The maximum atomic E-state index is 12.9. The van der Waals surface area contributed by atoms with Crippen molar-refractivity contribution in [1.29, 1.82) is 0 Å². The highest BCUT2D eigenvalue weighted by Gasteiger charge is 2.54. The number of hydrogen-bond donors (Lipinski definition) is 5. The molecule has 2 aliphatic heterocycles. The van der Waals surface area contributed by atoms with E-state index >= 15 is 0 Å². The number of β-lactam (4-membered cyclic amide) rings is 1. The molecule has 0 aliphatic carbocycles. The van der Waals surface area contributed by atoms with Crippen molar-refractivity contribution in [2.45, 2.75) is 42.9 Å². The lowest BCUT2D eigenvalue weighted by Crippen LogP contribution is -2.71. The molecule has 1 fully saturated rings. The number of carboxylic acids is 1. The molecule has 15 nitrogen and oxygen atoms in total. The van der Waals surface area contributed by atoms with Crippen LogP contribution in [0, 0.1) is 0 Å². The number of nitrogens with one attached hydrogen (secondary N) is 1. The molecule has 4 rings (SSSR count). The molecule has 2 atom stereocenters. The average molecular weight is 583 g/mol. The van der Waals surface area contributed by atoms with Gasteiger partial charge in [0, 0.05) is 23.4 Å². The summed E-state index contributed by atoms with van der Waals surface area (Å²) in [6, 6.07) is -1.05. The number of fused-ring (bicyclic) bond motifs is 1. The number of anilines is 1. The van der Waals surface area contributed by atoms with Gasteiger partial charge in [-0.3, -0.25) is 23.9 Å². The summed E-state index contributed by atoms with van der Waals surface area (Å²) in [6.07, 6.45) is 1.46. The molecule has 2 aliphatic rings. The van der Waals surface area contributed by atoms with Crippen LogP contribution >= 0.6 is 34.9 Å². The second-order valence-corrected chi connectivity index (χ2v) is 11.0. The number of thioether (sulfide) groups is 2. The van der Waals surface area contributed by atoms with Gasteiger partial charge in [0.25, 0.3) is 17.7 Å². The van der Waals surface area contributed by atoms with Crippen molar-refractivity contribution in [3.63, 3.8) is 0 Å². The SMILES string of the molecule is CCCCn1c(SCC2=C(C(=O)O)N3C(=O)C(NC(=O)C(=NO)c4csc(N)n4)[C@@H]3SC2)nnc(O)c1=O. The molecule has 4 heterocycles. The van der Waals surface area contributed by atoms with Gasteiger partial charge >= 0.3 is 11.5 Å². The second kappa shape index (κ2) is 11.4. The van der Waals surface area contributed by atoms with Crippen LogP contribution in [0.5, 0.6) is 5.88 Å². The van der Waals surface area contributed by atoms with Crippen LogP contribution in [0.15, 0.2) is 31.8 Å². The summed E-state index contributed by atoms with van der Waals surface area (Å²) in [5.41, 5.74) is 4.68. The number of aliphatic carboxylic acids is 1. The lowest BCUT2D eigenvalue weighted by atomic mass is 10.0. The van der Waals surface area contributed by atoms with E-state index in [1.54, 1.807) is 0 Å². The third kappa shape index (κ3) is 5.18. The molecule has 0 saturated carbocycles. The Bertz CT molecular complexity index is 1410. The number of oxime groups is 1. The number of nitrogens with two attached hydrogens (primary N) is 1. The van der Waals surface area contributed by atoms with E-state index in [2.05, 4.69) is 25.7 Å². The summed E-state index contributed by atoms with van der Waals surface area (Å²) in [5, 5.41) is 42.7. The van der Waals surface area contributed by atoms with Gasteiger partial charge in [0.15, 0.2) is 16.0 Å². The maximum Gasteiger partial charge on any atom is 0.352 e. The van der Waals surface area contributed by atoms with Gasteiger partial charge in [0.1, 0.15) is 22.8 Å². The number of aromatic hydroxyl groups is 1.